The van der Waals surface area contributed by atoms with Crippen LogP contribution in [0.25, 0.3) is 11.1 Å². The number of aliphatic carboxylic acids is 1. The molecule has 166 valence electrons. The second-order valence-corrected chi connectivity index (χ2v) is 7.75. The topological polar surface area (TPSA) is 117 Å². The molecule has 0 spiro atoms. The minimum absolute atomic E-state index is 0.127. The first kappa shape index (κ1) is 22.8. The molecule has 0 saturated carbocycles. The third-order valence-corrected chi connectivity index (χ3v) is 5.18. The Morgan fingerprint density at radius 1 is 0.906 bits per heavy atom. The lowest BCUT2D eigenvalue weighted by Crippen LogP contribution is -2.39. The fourth-order valence-electron chi connectivity index (χ4n) is 3.49. The third-order valence-electron chi connectivity index (χ3n) is 5.18. The molecule has 3 aromatic rings. The zero-order valence-electron chi connectivity index (χ0n) is 17.7. The smallest absolute Gasteiger partial charge is 0.371 e. The maximum Gasteiger partial charge on any atom is 0.371 e. The van der Waals surface area contributed by atoms with Gasteiger partial charge in [0.2, 0.25) is 11.7 Å². The quantitative estimate of drug-likeness (QED) is 0.443. The normalized spacial score (nSPS) is 12.7. The number of rotatable bonds is 10. The molecule has 1 amide bonds. The van der Waals surface area contributed by atoms with Gasteiger partial charge in [0.05, 0.1) is 12.3 Å². The summed E-state index contributed by atoms with van der Waals surface area (Å²) >= 11 is 0. The molecule has 0 radical (unpaired) electrons. The van der Waals surface area contributed by atoms with Crippen LogP contribution in [-0.4, -0.2) is 34.1 Å². The van der Waals surface area contributed by atoms with Crippen LogP contribution in [0.2, 0.25) is 0 Å². The Bertz CT molecular complexity index is 1070. The van der Waals surface area contributed by atoms with Gasteiger partial charge in [0.15, 0.2) is 0 Å². The van der Waals surface area contributed by atoms with Crippen LogP contribution < -0.4 is 5.32 Å². The lowest BCUT2D eigenvalue weighted by molar-refractivity contribution is -0.141. The molecule has 0 saturated heterocycles. The average Bonchev–Trinajstić information content (AvgIpc) is 3.23. The fraction of sp³-hybridized carbons (Fsp3) is 0.240. The van der Waals surface area contributed by atoms with Crippen molar-refractivity contribution in [1.82, 2.24) is 5.32 Å². The number of hydrogen-bond acceptors (Lipinski definition) is 4. The van der Waals surface area contributed by atoms with E-state index in [2.05, 4.69) is 5.32 Å². The van der Waals surface area contributed by atoms with E-state index in [4.69, 9.17) is 9.52 Å². The van der Waals surface area contributed by atoms with Gasteiger partial charge in [-0.1, -0.05) is 61.5 Å². The molecule has 0 aliphatic heterocycles. The highest BCUT2D eigenvalue weighted by Gasteiger charge is 2.21. The Morgan fingerprint density at radius 3 is 2.16 bits per heavy atom. The summed E-state index contributed by atoms with van der Waals surface area (Å²) in [6, 6.07) is 20.2. The molecule has 7 heteroatoms. The van der Waals surface area contributed by atoms with E-state index in [1.165, 1.54) is 12.1 Å². The van der Waals surface area contributed by atoms with Crippen molar-refractivity contribution >= 4 is 17.8 Å². The number of amides is 1. The summed E-state index contributed by atoms with van der Waals surface area (Å²) < 4.78 is 5.14. The van der Waals surface area contributed by atoms with Gasteiger partial charge in [0.25, 0.3) is 0 Å². The summed E-state index contributed by atoms with van der Waals surface area (Å²) in [7, 11) is 0. The largest absolute Gasteiger partial charge is 0.481 e. The average molecular weight is 435 g/mol. The number of furan rings is 1. The van der Waals surface area contributed by atoms with Crippen LogP contribution >= 0.6 is 0 Å². The molecular weight excluding hydrogens is 410 g/mol. The molecule has 3 N–H and O–H groups in total. The predicted octanol–water partition coefficient (Wildman–Crippen LogP) is 4.03. The van der Waals surface area contributed by atoms with Crippen molar-refractivity contribution in [3.63, 3.8) is 0 Å². The first-order valence-corrected chi connectivity index (χ1v) is 10.3. The highest BCUT2D eigenvalue weighted by atomic mass is 16.4. The number of carbonyl (C=O) groups is 3. The Hall–Kier alpha value is -3.87. The molecule has 0 aliphatic rings. The van der Waals surface area contributed by atoms with Gasteiger partial charge in [0.1, 0.15) is 5.76 Å². The van der Waals surface area contributed by atoms with Crippen LogP contribution in [0, 0.1) is 5.92 Å². The summed E-state index contributed by atoms with van der Waals surface area (Å²) in [6.45, 7) is 1.60. The highest BCUT2D eigenvalue weighted by Crippen LogP contribution is 2.21. The van der Waals surface area contributed by atoms with Crippen LogP contribution in [0.15, 0.2) is 71.1 Å². The maximum atomic E-state index is 12.5. The summed E-state index contributed by atoms with van der Waals surface area (Å²) in [5.41, 5.74) is 3.14. The molecule has 7 nitrogen and oxygen atoms in total. The highest BCUT2D eigenvalue weighted by molar-refractivity contribution is 5.85. The second kappa shape index (κ2) is 10.4. The minimum Gasteiger partial charge on any atom is -0.481 e. The van der Waals surface area contributed by atoms with E-state index in [1.54, 1.807) is 6.92 Å². The van der Waals surface area contributed by atoms with Gasteiger partial charge in [-0.2, -0.15) is 0 Å². The van der Waals surface area contributed by atoms with Gasteiger partial charge in [0, 0.05) is 6.04 Å². The zero-order valence-corrected chi connectivity index (χ0v) is 17.7. The van der Waals surface area contributed by atoms with Gasteiger partial charge in [-0.05, 0) is 41.7 Å². The molecule has 32 heavy (non-hydrogen) atoms. The van der Waals surface area contributed by atoms with Crippen LogP contribution in [-0.2, 0) is 22.4 Å². The number of hydrogen-bond donors (Lipinski definition) is 3. The Balaban J connectivity index is 1.68. The van der Waals surface area contributed by atoms with E-state index in [0.717, 1.165) is 16.7 Å². The standard InChI is InChI=1S/C25H25NO6/c1-16(24(28)29)13-20(26-23(27)15-21-11-12-22(32-21)25(30)31)14-17-7-9-19(10-8-17)18-5-3-2-4-6-18/h2-12,16,20H,13-15H2,1H3,(H,26,27)(H,28,29)(H,30,31). The second-order valence-electron chi connectivity index (χ2n) is 7.75. The van der Waals surface area contributed by atoms with Crippen LogP contribution in [0.4, 0.5) is 0 Å². The van der Waals surface area contributed by atoms with Gasteiger partial charge in [-0.25, -0.2) is 4.79 Å². The van der Waals surface area contributed by atoms with E-state index in [9.17, 15) is 19.5 Å². The Kier molecular flexibility index (Phi) is 7.44. The first-order valence-electron chi connectivity index (χ1n) is 10.3. The van der Waals surface area contributed by atoms with Crippen molar-refractivity contribution in [2.45, 2.75) is 32.2 Å². The lowest BCUT2D eigenvalue weighted by Gasteiger charge is -2.21. The molecule has 2 unspecified atom stereocenters. The van der Waals surface area contributed by atoms with Crippen molar-refractivity contribution in [3.8, 4) is 11.1 Å². The molecule has 3 rings (SSSR count). The van der Waals surface area contributed by atoms with E-state index < -0.39 is 23.9 Å². The van der Waals surface area contributed by atoms with Gasteiger partial charge < -0.3 is 19.9 Å². The molecular formula is C25H25NO6. The summed E-state index contributed by atoms with van der Waals surface area (Å²) in [4.78, 5) is 34.8. The molecule has 0 bridgehead atoms. The minimum atomic E-state index is -1.20. The van der Waals surface area contributed by atoms with Crippen molar-refractivity contribution in [1.29, 1.82) is 0 Å². The molecule has 0 aliphatic carbocycles. The predicted molar refractivity (Wildman–Crippen MR) is 118 cm³/mol. The number of aromatic carboxylic acids is 1. The number of carboxylic acid groups (broad SMARTS) is 2. The number of nitrogens with one attached hydrogen (secondary N) is 1. The number of benzene rings is 2. The number of carbonyl (C=O) groups excluding carboxylic acids is 1. The summed E-state index contributed by atoms with van der Waals surface area (Å²) in [6.07, 6.45) is 0.606. The van der Waals surface area contributed by atoms with Crippen molar-refractivity contribution in [2.75, 3.05) is 0 Å². The van der Waals surface area contributed by atoms with E-state index in [-0.39, 0.29) is 30.3 Å². The third kappa shape index (κ3) is 6.31. The molecule has 1 aromatic heterocycles. The lowest BCUT2D eigenvalue weighted by atomic mass is 9.95. The van der Waals surface area contributed by atoms with E-state index in [1.807, 2.05) is 54.6 Å². The number of carboxylic acids is 2. The van der Waals surface area contributed by atoms with Crippen LogP contribution in [0.3, 0.4) is 0 Å². The van der Waals surface area contributed by atoms with E-state index in [0.29, 0.717) is 6.42 Å². The Morgan fingerprint density at radius 2 is 1.56 bits per heavy atom. The summed E-state index contributed by atoms with van der Waals surface area (Å²) in [5, 5.41) is 21.1. The molecule has 1 heterocycles. The fourth-order valence-corrected chi connectivity index (χ4v) is 3.49. The SMILES string of the molecule is CC(CC(Cc1ccc(-c2ccccc2)cc1)NC(=O)Cc1ccc(C(=O)O)o1)C(=O)O. The van der Waals surface area contributed by atoms with Gasteiger partial charge in [-0.3, -0.25) is 9.59 Å². The summed E-state index contributed by atoms with van der Waals surface area (Å²) in [5.74, 6) is -3.13. The van der Waals surface area contributed by atoms with Crippen molar-refractivity contribution in [3.05, 3.63) is 83.8 Å². The first-order chi connectivity index (χ1) is 15.3. The van der Waals surface area contributed by atoms with Gasteiger partial charge in [-0.15, -0.1) is 0 Å². The molecule has 0 fully saturated rings. The molecule has 2 aromatic carbocycles. The monoisotopic (exact) mass is 435 g/mol. The molecule has 2 atom stereocenters. The maximum absolute atomic E-state index is 12.5. The van der Waals surface area contributed by atoms with Crippen molar-refractivity contribution < 1.29 is 29.0 Å². The van der Waals surface area contributed by atoms with E-state index >= 15 is 0 Å². The van der Waals surface area contributed by atoms with Crippen LogP contribution in [0.1, 0.15) is 35.2 Å². The van der Waals surface area contributed by atoms with Gasteiger partial charge >= 0.3 is 11.9 Å². The Labute approximate surface area is 185 Å². The van der Waals surface area contributed by atoms with Crippen LogP contribution in [0.5, 0.6) is 0 Å². The zero-order chi connectivity index (χ0) is 23.1. The van der Waals surface area contributed by atoms with Crippen molar-refractivity contribution in [2.24, 2.45) is 5.92 Å².